The summed E-state index contributed by atoms with van der Waals surface area (Å²) in [6.07, 6.45) is -4.72. The maximum Gasteiger partial charge on any atom is 0.402 e. The van der Waals surface area contributed by atoms with Crippen molar-refractivity contribution in [1.29, 1.82) is 0 Å². The first-order valence-electron chi connectivity index (χ1n) is 4.65. The molecule has 102 valence electrons. The number of halogens is 4. The minimum Gasteiger partial charge on any atom is -0.399 e. The maximum absolute atomic E-state index is 13.5. The number of rotatable bonds is 3. The van der Waals surface area contributed by atoms with Crippen LogP contribution in [0.15, 0.2) is 17.0 Å². The second kappa shape index (κ2) is 4.73. The van der Waals surface area contributed by atoms with Gasteiger partial charge in [-0.05, 0) is 24.6 Å². The smallest absolute Gasteiger partial charge is 0.399 e. The first-order valence-corrected chi connectivity index (χ1v) is 6.13. The van der Waals surface area contributed by atoms with E-state index in [1.807, 2.05) is 0 Å². The standard InChI is InChI=1S/C9H10F4N2O2S/c1-5-2-6(14)3-7(8(5)10)18(16,17)15-4-9(11,12)13/h2-3,15H,4,14H2,1H3. The van der Waals surface area contributed by atoms with E-state index in [0.717, 1.165) is 6.07 Å². The van der Waals surface area contributed by atoms with E-state index in [1.54, 1.807) is 0 Å². The van der Waals surface area contributed by atoms with Gasteiger partial charge in [-0.2, -0.15) is 13.2 Å². The van der Waals surface area contributed by atoms with Gasteiger partial charge in [0.25, 0.3) is 0 Å². The lowest BCUT2D eigenvalue weighted by Gasteiger charge is -2.11. The Morgan fingerprint density at radius 2 is 1.89 bits per heavy atom. The molecule has 3 N–H and O–H groups in total. The van der Waals surface area contributed by atoms with Gasteiger partial charge in [-0.15, -0.1) is 0 Å². The zero-order valence-corrected chi connectivity index (χ0v) is 9.99. The van der Waals surface area contributed by atoms with Crippen molar-refractivity contribution in [2.75, 3.05) is 12.3 Å². The fourth-order valence-corrected chi connectivity index (χ4v) is 2.41. The number of hydrogen-bond acceptors (Lipinski definition) is 3. The van der Waals surface area contributed by atoms with Crippen molar-refractivity contribution < 1.29 is 26.0 Å². The summed E-state index contributed by atoms with van der Waals surface area (Å²) in [6, 6.07) is 1.94. The Morgan fingerprint density at radius 1 is 1.33 bits per heavy atom. The van der Waals surface area contributed by atoms with Crippen LogP contribution in [0, 0.1) is 12.7 Å². The lowest BCUT2D eigenvalue weighted by Crippen LogP contribution is -2.34. The molecule has 4 nitrogen and oxygen atoms in total. The minimum absolute atomic E-state index is 0.0544. The summed E-state index contributed by atoms with van der Waals surface area (Å²) in [5, 5.41) is 0. The van der Waals surface area contributed by atoms with Crippen LogP contribution < -0.4 is 10.5 Å². The number of nitrogens with one attached hydrogen (secondary N) is 1. The zero-order chi connectivity index (χ0) is 14.1. The Morgan fingerprint density at radius 3 is 2.39 bits per heavy atom. The summed E-state index contributed by atoms with van der Waals surface area (Å²) in [6.45, 7) is -0.517. The lowest BCUT2D eigenvalue weighted by molar-refractivity contribution is -0.121. The molecule has 1 aromatic rings. The molecule has 0 radical (unpaired) electrons. The molecule has 0 bridgehead atoms. The monoisotopic (exact) mass is 286 g/mol. The van der Waals surface area contributed by atoms with E-state index in [1.165, 1.54) is 17.7 Å². The molecular formula is C9H10F4N2O2S. The Kier molecular flexibility index (Phi) is 3.86. The fourth-order valence-electron chi connectivity index (χ4n) is 1.21. The summed E-state index contributed by atoms with van der Waals surface area (Å²) in [4.78, 5) is -0.899. The number of nitrogens with two attached hydrogens (primary N) is 1. The molecule has 0 unspecified atom stereocenters. The van der Waals surface area contributed by atoms with Crippen molar-refractivity contribution in [3.63, 3.8) is 0 Å². The molecule has 18 heavy (non-hydrogen) atoms. The van der Waals surface area contributed by atoms with Crippen molar-refractivity contribution in [2.45, 2.75) is 18.0 Å². The normalized spacial score (nSPS) is 12.7. The molecule has 1 aromatic carbocycles. The molecule has 0 amide bonds. The van der Waals surface area contributed by atoms with Gasteiger partial charge in [0.05, 0.1) is 0 Å². The summed E-state index contributed by atoms with van der Waals surface area (Å²) < 4.78 is 73.5. The SMILES string of the molecule is Cc1cc(N)cc(S(=O)(=O)NCC(F)(F)F)c1F. The second-order valence-electron chi connectivity index (χ2n) is 3.59. The molecule has 0 aromatic heterocycles. The average molecular weight is 286 g/mol. The van der Waals surface area contributed by atoms with Crippen LogP contribution in [-0.4, -0.2) is 21.1 Å². The summed E-state index contributed by atoms with van der Waals surface area (Å²) >= 11 is 0. The predicted octanol–water partition coefficient (Wildman–Crippen LogP) is 1.56. The molecule has 0 spiro atoms. The molecule has 0 aliphatic carbocycles. The highest BCUT2D eigenvalue weighted by Crippen LogP contribution is 2.22. The van der Waals surface area contributed by atoms with E-state index >= 15 is 0 Å². The van der Waals surface area contributed by atoms with Gasteiger partial charge >= 0.3 is 6.18 Å². The summed E-state index contributed by atoms with van der Waals surface area (Å²) in [5.41, 5.74) is 5.20. The van der Waals surface area contributed by atoms with Gasteiger partial charge in [-0.3, -0.25) is 0 Å². The van der Waals surface area contributed by atoms with E-state index in [-0.39, 0.29) is 11.3 Å². The van der Waals surface area contributed by atoms with Crippen LogP contribution in [-0.2, 0) is 10.0 Å². The molecule has 0 fully saturated rings. The van der Waals surface area contributed by atoms with Crippen molar-refractivity contribution in [3.05, 3.63) is 23.5 Å². The number of hydrogen-bond donors (Lipinski definition) is 2. The van der Waals surface area contributed by atoms with E-state index in [2.05, 4.69) is 0 Å². The quantitative estimate of drug-likeness (QED) is 0.654. The van der Waals surface area contributed by atoms with Gasteiger partial charge in [0.2, 0.25) is 10.0 Å². The third kappa shape index (κ3) is 3.57. The fraction of sp³-hybridized carbons (Fsp3) is 0.333. The maximum atomic E-state index is 13.5. The number of anilines is 1. The molecule has 0 atom stereocenters. The molecule has 0 saturated heterocycles. The van der Waals surface area contributed by atoms with Crippen molar-refractivity contribution in [3.8, 4) is 0 Å². The van der Waals surface area contributed by atoms with Gasteiger partial charge in [0, 0.05) is 5.69 Å². The predicted molar refractivity (Wildman–Crippen MR) is 56.8 cm³/mol. The van der Waals surface area contributed by atoms with Crippen LogP contribution in [0.4, 0.5) is 23.2 Å². The molecular weight excluding hydrogens is 276 g/mol. The van der Waals surface area contributed by atoms with Gasteiger partial charge in [-0.1, -0.05) is 0 Å². The highest BCUT2D eigenvalue weighted by molar-refractivity contribution is 7.89. The van der Waals surface area contributed by atoms with Crippen molar-refractivity contribution in [2.24, 2.45) is 0 Å². The van der Waals surface area contributed by atoms with E-state index < -0.39 is 33.5 Å². The first kappa shape index (κ1) is 14.7. The molecule has 1 rings (SSSR count). The number of aryl methyl sites for hydroxylation is 1. The van der Waals surface area contributed by atoms with Crippen LogP contribution in [0.25, 0.3) is 0 Å². The highest BCUT2D eigenvalue weighted by Gasteiger charge is 2.31. The Labute approximate surface area is 101 Å². The van der Waals surface area contributed by atoms with Crippen LogP contribution in [0.1, 0.15) is 5.56 Å². The van der Waals surface area contributed by atoms with Gasteiger partial charge in [-0.25, -0.2) is 17.5 Å². The summed E-state index contributed by atoms with van der Waals surface area (Å²) in [5.74, 6) is -1.13. The van der Waals surface area contributed by atoms with Crippen molar-refractivity contribution in [1.82, 2.24) is 4.72 Å². The van der Waals surface area contributed by atoms with Gasteiger partial charge < -0.3 is 5.73 Å². The molecule has 0 saturated carbocycles. The molecule has 0 heterocycles. The van der Waals surface area contributed by atoms with Crippen LogP contribution in [0.2, 0.25) is 0 Å². The largest absolute Gasteiger partial charge is 0.402 e. The Hall–Kier alpha value is -1.35. The van der Waals surface area contributed by atoms with E-state index in [0.29, 0.717) is 0 Å². The minimum atomic E-state index is -4.72. The Bertz CT molecular complexity index is 554. The number of alkyl halides is 3. The van der Waals surface area contributed by atoms with E-state index in [4.69, 9.17) is 5.73 Å². The number of benzene rings is 1. The average Bonchev–Trinajstić information content (AvgIpc) is 2.19. The molecule has 9 heteroatoms. The molecule has 0 aliphatic rings. The van der Waals surface area contributed by atoms with Crippen LogP contribution in [0.5, 0.6) is 0 Å². The first-order chi connectivity index (χ1) is 8.03. The third-order valence-electron chi connectivity index (χ3n) is 2.00. The zero-order valence-electron chi connectivity index (χ0n) is 9.18. The topological polar surface area (TPSA) is 72.2 Å². The Balaban J connectivity index is 3.13. The number of nitrogen functional groups attached to an aromatic ring is 1. The van der Waals surface area contributed by atoms with Crippen LogP contribution >= 0.6 is 0 Å². The third-order valence-corrected chi connectivity index (χ3v) is 3.40. The highest BCUT2D eigenvalue weighted by atomic mass is 32.2. The van der Waals surface area contributed by atoms with Gasteiger partial charge in [0.1, 0.15) is 17.3 Å². The summed E-state index contributed by atoms with van der Waals surface area (Å²) in [7, 11) is -4.59. The molecule has 0 aliphatic heterocycles. The van der Waals surface area contributed by atoms with E-state index in [9.17, 15) is 26.0 Å². The lowest BCUT2D eigenvalue weighted by atomic mass is 10.2. The van der Waals surface area contributed by atoms with Crippen molar-refractivity contribution >= 4 is 15.7 Å². The second-order valence-corrected chi connectivity index (χ2v) is 5.33. The number of sulfonamides is 1. The van der Waals surface area contributed by atoms with Crippen LogP contribution in [0.3, 0.4) is 0 Å². The van der Waals surface area contributed by atoms with Gasteiger partial charge in [0.15, 0.2) is 0 Å².